The molecule has 1 unspecified atom stereocenters. The second-order valence-electron chi connectivity index (χ2n) is 4.23. The molecule has 0 saturated carbocycles. The number of nitrogens with one attached hydrogen (secondary N) is 1. The van der Waals surface area contributed by atoms with Crippen LogP contribution in [-0.2, 0) is 0 Å². The van der Waals surface area contributed by atoms with Crippen molar-refractivity contribution in [2.75, 3.05) is 19.6 Å². The molecule has 6 heteroatoms. The molecule has 1 aromatic rings. The number of piperazine rings is 1. The van der Waals surface area contributed by atoms with E-state index in [4.69, 9.17) is 0 Å². The standard InChI is InChI=1S/C12H14BrFN2O.ClH/c1-8-7-16(5-4-15-8)12(17)10-3-2-9(13)6-11(10)14;/h2-3,6,8,15H,4-5,7H2,1H3;1H. The maximum Gasteiger partial charge on any atom is 0.256 e. The summed E-state index contributed by atoms with van der Waals surface area (Å²) in [5.74, 6) is -0.709. The quantitative estimate of drug-likeness (QED) is 0.854. The zero-order valence-electron chi connectivity index (χ0n) is 9.95. The van der Waals surface area contributed by atoms with Crippen LogP contribution in [0.2, 0.25) is 0 Å². The lowest BCUT2D eigenvalue weighted by molar-refractivity contribution is 0.0704. The summed E-state index contributed by atoms with van der Waals surface area (Å²) < 4.78 is 14.3. The van der Waals surface area contributed by atoms with E-state index in [0.717, 1.165) is 6.54 Å². The van der Waals surface area contributed by atoms with E-state index in [-0.39, 0.29) is 29.9 Å². The van der Waals surface area contributed by atoms with Gasteiger partial charge in [-0.05, 0) is 25.1 Å². The van der Waals surface area contributed by atoms with Crippen molar-refractivity contribution in [1.82, 2.24) is 10.2 Å². The minimum absolute atomic E-state index is 0. The lowest BCUT2D eigenvalue weighted by atomic mass is 10.1. The van der Waals surface area contributed by atoms with Crippen LogP contribution in [0.25, 0.3) is 0 Å². The highest BCUT2D eigenvalue weighted by Crippen LogP contribution is 2.17. The maximum absolute atomic E-state index is 13.7. The van der Waals surface area contributed by atoms with E-state index in [1.54, 1.807) is 11.0 Å². The lowest BCUT2D eigenvalue weighted by Crippen LogP contribution is -2.51. The Hall–Kier alpha value is -0.650. The normalized spacial score (nSPS) is 19.3. The van der Waals surface area contributed by atoms with Crippen LogP contribution in [0.15, 0.2) is 22.7 Å². The second-order valence-corrected chi connectivity index (χ2v) is 5.15. The molecule has 1 aliphatic rings. The van der Waals surface area contributed by atoms with Crippen molar-refractivity contribution in [2.24, 2.45) is 0 Å². The van der Waals surface area contributed by atoms with E-state index in [1.807, 2.05) is 6.92 Å². The maximum atomic E-state index is 13.7. The molecule has 0 spiro atoms. The SMILES string of the molecule is CC1CN(C(=O)c2ccc(Br)cc2F)CCN1.Cl. The summed E-state index contributed by atoms with van der Waals surface area (Å²) in [5.41, 5.74) is 0.141. The minimum Gasteiger partial charge on any atom is -0.336 e. The smallest absolute Gasteiger partial charge is 0.256 e. The van der Waals surface area contributed by atoms with Crippen LogP contribution in [0.1, 0.15) is 17.3 Å². The van der Waals surface area contributed by atoms with Gasteiger partial charge >= 0.3 is 0 Å². The molecule has 2 rings (SSSR count). The number of carbonyl (C=O) groups is 1. The number of hydrogen-bond acceptors (Lipinski definition) is 2. The van der Waals surface area contributed by atoms with E-state index < -0.39 is 5.82 Å². The second kappa shape index (κ2) is 6.50. The van der Waals surface area contributed by atoms with Crippen molar-refractivity contribution in [1.29, 1.82) is 0 Å². The van der Waals surface area contributed by atoms with E-state index in [0.29, 0.717) is 17.6 Å². The van der Waals surface area contributed by atoms with Gasteiger partial charge < -0.3 is 10.2 Å². The molecule has 3 nitrogen and oxygen atoms in total. The molecule has 0 bridgehead atoms. The summed E-state index contributed by atoms with van der Waals surface area (Å²) >= 11 is 3.18. The summed E-state index contributed by atoms with van der Waals surface area (Å²) in [6.07, 6.45) is 0. The summed E-state index contributed by atoms with van der Waals surface area (Å²) in [4.78, 5) is 13.8. The van der Waals surface area contributed by atoms with Gasteiger partial charge in [0.2, 0.25) is 0 Å². The van der Waals surface area contributed by atoms with E-state index >= 15 is 0 Å². The summed E-state index contributed by atoms with van der Waals surface area (Å²) in [6, 6.07) is 4.78. The van der Waals surface area contributed by atoms with Crippen molar-refractivity contribution in [3.63, 3.8) is 0 Å². The third kappa shape index (κ3) is 3.43. The van der Waals surface area contributed by atoms with Gasteiger partial charge in [0.15, 0.2) is 0 Å². The average Bonchev–Trinajstić information content (AvgIpc) is 2.28. The van der Waals surface area contributed by atoms with Crippen LogP contribution < -0.4 is 5.32 Å². The number of carbonyl (C=O) groups excluding carboxylic acids is 1. The zero-order chi connectivity index (χ0) is 12.4. The molecule has 1 saturated heterocycles. The first kappa shape index (κ1) is 15.4. The van der Waals surface area contributed by atoms with Crippen molar-refractivity contribution >= 4 is 34.2 Å². The molecule has 0 aromatic heterocycles. The number of benzene rings is 1. The highest BCUT2D eigenvalue weighted by molar-refractivity contribution is 9.10. The fourth-order valence-electron chi connectivity index (χ4n) is 1.95. The van der Waals surface area contributed by atoms with E-state index in [2.05, 4.69) is 21.2 Å². The molecule has 1 N–H and O–H groups in total. The Kier molecular flexibility index (Phi) is 5.56. The Morgan fingerprint density at radius 3 is 2.89 bits per heavy atom. The molecular weight excluding hydrogens is 322 g/mol. The third-order valence-electron chi connectivity index (χ3n) is 2.82. The van der Waals surface area contributed by atoms with Gasteiger partial charge in [0, 0.05) is 30.1 Å². The monoisotopic (exact) mass is 336 g/mol. The zero-order valence-corrected chi connectivity index (χ0v) is 12.4. The van der Waals surface area contributed by atoms with Crippen molar-refractivity contribution in [2.45, 2.75) is 13.0 Å². The Morgan fingerprint density at radius 1 is 1.56 bits per heavy atom. The molecule has 0 radical (unpaired) electrons. The van der Waals surface area contributed by atoms with Gasteiger partial charge in [-0.2, -0.15) is 0 Å². The fraction of sp³-hybridized carbons (Fsp3) is 0.417. The molecule has 1 atom stereocenters. The molecular formula is C12H15BrClFN2O. The molecule has 1 aromatic carbocycles. The van der Waals surface area contributed by atoms with Gasteiger partial charge in [-0.15, -0.1) is 12.4 Å². The van der Waals surface area contributed by atoms with Gasteiger partial charge in [0.05, 0.1) is 5.56 Å². The average molecular weight is 338 g/mol. The van der Waals surface area contributed by atoms with Gasteiger partial charge in [-0.25, -0.2) is 4.39 Å². The number of amides is 1. The molecule has 0 aliphatic carbocycles. The Bertz CT molecular complexity index is 444. The topological polar surface area (TPSA) is 32.3 Å². The van der Waals surface area contributed by atoms with E-state index in [9.17, 15) is 9.18 Å². The predicted molar refractivity (Wildman–Crippen MR) is 74.7 cm³/mol. The first-order chi connectivity index (χ1) is 8.08. The van der Waals surface area contributed by atoms with Crippen molar-refractivity contribution in [3.8, 4) is 0 Å². The largest absolute Gasteiger partial charge is 0.336 e. The van der Waals surface area contributed by atoms with Crippen molar-refractivity contribution in [3.05, 3.63) is 34.1 Å². The van der Waals surface area contributed by atoms with E-state index in [1.165, 1.54) is 12.1 Å². The first-order valence-electron chi connectivity index (χ1n) is 5.55. The highest BCUT2D eigenvalue weighted by Gasteiger charge is 2.23. The molecule has 18 heavy (non-hydrogen) atoms. The van der Waals surface area contributed by atoms with Crippen molar-refractivity contribution < 1.29 is 9.18 Å². The van der Waals surface area contributed by atoms with Gasteiger partial charge in [0.1, 0.15) is 5.82 Å². The van der Waals surface area contributed by atoms with Gasteiger partial charge in [-0.3, -0.25) is 4.79 Å². The Labute approximate surface area is 120 Å². The lowest BCUT2D eigenvalue weighted by Gasteiger charge is -2.32. The minimum atomic E-state index is -0.476. The Balaban J connectivity index is 0.00000162. The molecule has 1 heterocycles. The number of rotatable bonds is 1. The van der Waals surface area contributed by atoms with Crippen LogP contribution in [0.4, 0.5) is 4.39 Å². The molecule has 1 aliphatic heterocycles. The first-order valence-corrected chi connectivity index (χ1v) is 6.35. The van der Waals surface area contributed by atoms with Crippen LogP contribution in [0, 0.1) is 5.82 Å². The van der Waals surface area contributed by atoms with Crippen LogP contribution in [0.5, 0.6) is 0 Å². The Morgan fingerprint density at radius 2 is 2.28 bits per heavy atom. The highest BCUT2D eigenvalue weighted by atomic mass is 79.9. The summed E-state index contributed by atoms with van der Waals surface area (Å²) in [5, 5.41) is 3.25. The van der Waals surface area contributed by atoms with Crippen LogP contribution in [-0.4, -0.2) is 36.5 Å². The third-order valence-corrected chi connectivity index (χ3v) is 3.31. The molecule has 100 valence electrons. The van der Waals surface area contributed by atoms with Crippen LogP contribution >= 0.6 is 28.3 Å². The number of hydrogen-bond donors (Lipinski definition) is 1. The number of nitrogens with zero attached hydrogens (tertiary/aromatic N) is 1. The summed E-state index contributed by atoms with van der Waals surface area (Å²) in [7, 11) is 0. The van der Waals surface area contributed by atoms with Gasteiger partial charge in [-0.1, -0.05) is 15.9 Å². The van der Waals surface area contributed by atoms with Gasteiger partial charge in [0.25, 0.3) is 5.91 Å². The summed E-state index contributed by atoms with van der Waals surface area (Å²) in [6.45, 7) is 4.01. The van der Waals surface area contributed by atoms with Crippen LogP contribution in [0.3, 0.4) is 0 Å². The fourth-order valence-corrected chi connectivity index (χ4v) is 2.28. The predicted octanol–water partition coefficient (Wildman–Crippen LogP) is 2.44. The molecule has 1 fully saturated rings. The molecule has 1 amide bonds. The number of halogens is 3.